The van der Waals surface area contributed by atoms with Crippen LogP contribution in [0.5, 0.6) is 5.75 Å². The van der Waals surface area contributed by atoms with Crippen molar-refractivity contribution < 1.29 is 24.2 Å². The fourth-order valence-electron chi connectivity index (χ4n) is 4.77. The Morgan fingerprint density at radius 3 is 2.72 bits per heavy atom. The second kappa shape index (κ2) is 7.17. The highest BCUT2D eigenvalue weighted by molar-refractivity contribution is 6.31. The Bertz CT molecular complexity index is 842. The fourth-order valence-corrected chi connectivity index (χ4v) is 5.01. The Morgan fingerprint density at radius 1 is 1.34 bits per heavy atom. The van der Waals surface area contributed by atoms with E-state index in [1.54, 1.807) is 6.07 Å². The molecule has 1 saturated carbocycles. The molecule has 1 aromatic carbocycles. The normalized spacial score (nSPS) is 35.0. The summed E-state index contributed by atoms with van der Waals surface area (Å²) in [4.78, 5) is 23.2. The molecular formula is C22H28ClNO5. The lowest BCUT2D eigenvalue weighted by Crippen LogP contribution is -2.40. The molecule has 29 heavy (non-hydrogen) atoms. The van der Waals surface area contributed by atoms with E-state index < -0.39 is 17.8 Å². The quantitative estimate of drug-likeness (QED) is 0.699. The standard InChI is InChI=1S/C22H28ClNO5/c1-12(2)22-8-7-21(3,29-22)18(10-22)28-17-6-4-5-16(23)15(17)11-24-19(25)13-9-14(13)20(26)27/h4-6,12-14,18H,7-11H2,1-3H3,(H,24,25)(H,26,27)/t13-,14+,18+,21-,22+/m1/s1. The van der Waals surface area contributed by atoms with Crippen LogP contribution in [0.1, 0.15) is 52.0 Å². The number of carbonyl (C=O) groups excluding carboxylic acids is 1. The third-order valence-electron chi connectivity index (χ3n) is 6.97. The van der Waals surface area contributed by atoms with Crippen molar-refractivity contribution in [3.63, 3.8) is 0 Å². The van der Waals surface area contributed by atoms with Crippen LogP contribution >= 0.6 is 11.6 Å². The molecule has 2 saturated heterocycles. The Kier molecular flexibility index (Phi) is 5.06. The van der Waals surface area contributed by atoms with Gasteiger partial charge in [-0.1, -0.05) is 31.5 Å². The molecule has 0 unspecified atom stereocenters. The zero-order valence-corrected chi connectivity index (χ0v) is 17.8. The van der Waals surface area contributed by atoms with E-state index in [2.05, 4.69) is 26.1 Å². The van der Waals surface area contributed by atoms with Gasteiger partial charge in [-0.25, -0.2) is 0 Å². The van der Waals surface area contributed by atoms with E-state index in [4.69, 9.17) is 26.2 Å². The molecule has 2 aliphatic heterocycles. The van der Waals surface area contributed by atoms with Crippen molar-refractivity contribution in [1.29, 1.82) is 0 Å². The molecule has 0 radical (unpaired) electrons. The van der Waals surface area contributed by atoms with Crippen LogP contribution in [0.4, 0.5) is 0 Å². The summed E-state index contributed by atoms with van der Waals surface area (Å²) in [5.41, 5.74) is 0.250. The number of carbonyl (C=O) groups is 2. The van der Waals surface area contributed by atoms with Crippen LogP contribution in [-0.2, 0) is 20.9 Å². The van der Waals surface area contributed by atoms with Crippen LogP contribution in [0.25, 0.3) is 0 Å². The minimum atomic E-state index is -0.921. The van der Waals surface area contributed by atoms with E-state index in [-0.39, 0.29) is 29.8 Å². The van der Waals surface area contributed by atoms with E-state index in [1.807, 2.05) is 12.1 Å². The number of fused-ring (bicyclic) bond motifs is 2. The topological polar surface area (TPSA) is 84.9 Å². The van der Waals surface area contributed by atoms with E-state index in [9.17, 15) is 9.59 Å². The highest BCUT2D eigenvalue weighted by Crippen LogP contribution is 2.55. The molecule has 0 spiro atoms. The highest BCUT2D eigenvalue weighted by atomic mass is 35.5. The number of carboxylic acid groups (broad SMARTS) is 1. The molecule has 7 heteroatoms. The summed E-state index contributed by atoms with van der Waals surface area (Å²) in [7, 11) is 0. The van der Waals surface area contributed by atoms with Gasteiger partial charge in [0.05, 0.1) is 17.4 Å². The molecule has 2 N–H and O–H groups in total. The van der Waals surface area contributed by atoms with Crippen LogP contribution in [0.3, 0.4) is 0 Å². The number of hydrogen-bond acceptors (Lipinski definition) is 4. The molecule has 158 valence electrons. The molecule has 1 amide bonds. The van der Waals surface area contributed by atoms with Gasteiger partial charge in [0.2, 0.25) is 5.91 Å². The molecule has 1 aliphatic carbocycles. The van der Waals surface area contributed by atoms with Crippen molar-refractivity contribution in [1.82, 2.24) is 5.32 Å². The first-order chi connectivity index (χ1) is 13.7. The van der Waals surface area contributed by atoms with Gasteiger partial charge in [-0.15, -0.1) is 0 Å². The molecule has 3 aliphatic rings. The van der Waals surface area contributed by atoms with Gasteiger partial charge in [-0.2, -0.15) is 0 Å². The van der Waals surface area contributed by atoms with Gasteiger partial charge in [-0.05, 0) is 44.2 Å². The Labute approximate surface area is 175 Å². The number of hydrogen-bond donors (Lipinski definition) is 2. The van der Waals surface area contributed by atoms with Gasteiger partial charge in [0, 0.05) is 23.6 Å². The second-order valence-electron chi connectivity index (χ2n) is 9.17. The number of carboxylic acids is 1. The van der Waals surface area contributed by atoms with Gasteiger partial charge < -0.3 is 19.9 Å². The van der Waals surface area contributed by atoms with E-state index in [0.717, 1.165) is 19.3 Å². The Hall–Kier alpha value is -1.79. The minimum Gasteiger partial charge on any atom is -0.487 e. The summed E-state index contributed by atoms with van der Waals surface area (Å²) < 4.78 is 12.9. The van der Waals surface area contributed by atoms with Gasteiger partial charge in [-0.3, -0.25) is 9.59 Å². The molecule has 2 heterocycles. The molecule has 1 aromatic rings. The van der Waals surface area contributed by atoms with Crippen molar-refractivity contribution in [3.05, 3.63) is 28.8 Å². The third-order valence-corrected chi connectivity index (χ3v) is 7.33. The zero-order valence-electron chi connectivity index (χ0n) is 17.0. The molecule has 4 rings (SSSR count). The maximum atomic E-state index is 12.3. The molecule has 3 fully saturated rings. The summed E-state index contributed by atoms with van der Waals surface area (Å²) >= 11 is 6.41. The van der Waals surface area contributed by atoms with Gasteiger partial charge in [0.1, 0.15) is 17.5 Å². The van der Waals surface area contributed by atoms with Crippen molar-refractivity contribution in [3.8, 4) is 5.75 Å². The van der Waals surface area contributed by atoms with Crippen LogP contribution < -0.4 is 10.1 Å². The number of ether oxygens (including phenoxy) is 2. The van der Waals surface area contributed by atoms with Gasteiger partial charge >= 0.3 is 5.97 Å². The van der Waals surface area contributed by atoms with E-state index >= 15 is 0 Å². The molecular weight excluding hydrogens is 394 g/mol. The van der Waals surface area contributed by atoms with E-state index in [1.165, 1.54) is 0 Å². The van der Waals surface area contributed by atoms with Crippen molar-refractivity contribution in [2.45, 2.75) is 70.3 Å². The number of halogens is 1. The first-order valence-electron chi connectivity index (χ1n) is 10.3. The van der Waals surface area contributed by atoms with Gasteiger partial charge in [0.25, 0.3) is 0 Å². The van der Waals surface area contributed by atoms with Crippen LogP contribution in [0.15, 0.2) is 18.2 Å². The zero-order chi connectivity index (χ0) is 21.0. The predicted molar refractivity (Wildman–Crippen MR) is 108 cm³/mol. The summed E-state index contributed by atoms with van der Waals surface area (Å²) in [5.74, 6) is -1.15. The van der Waals surface area contributed by atoms with Gasteiger partial charge in [0.15, 0.2) is 0 Å². The fraction of sp³-hybridized carbons (Fsp3) is 0.636. The maximum absolute atomic E-state index is 12.3. The summed E-state index contributed by atoms with van der Waals surface area (Å²) in [6.07, 6.45) is 3.16. The Morgan fingerprint density at radius 2 is 2.10 bits per heavy atom. The van der Waals surface area contributed by atoms with E-state index in [0.29, 0.717) is 28.7 Å². The number of amides is 1. The van der Waals surface area contributed by atoms with Crippen molar-refractivity contribution >= 4 is 23.5 Å². The average Bonchev–Trinajstić information content (AvgIpc) is 3.32. The lowest BCUT2D eigenvalue weighted by molar-refractivity contribution is -0.140. The smallest absolute Gasteiger partial charge is 0.307 e. The second-order valence-corrected chi connectivity index (χ2v) is 9.57. The Balaban J connectivity index is 1.46. The number of benzene rings is 1. The monoisotopic (exact) mass is 421 g/mol. The summed E-state index contributed by atoms with van der Waals surface area (Å²) in [6, 6.07) is 5.46. The average molecular weight is 422 g/mol. The largest absolute Gasteiger partial charge is 0.487 e. The van der Waals surface area contributed by atoms with Crippen LogP contribution in [0, 0.1) is 17.8 Å². The molecule has 0 aromatic heterocycles. The molecule has 5 atom stereocenters. The minimum absolute atomic E-state index is 0.0774. The number of aliphatic carboxylic acids is 1. The lowest BCUT2D eigenvalue weighted by Gasteiger charge is -2.32. The SMILES string of the molecule is CC(C)[C@@]12CC[C@@](C)(O1)[C@@H](Oc1cccc(Cl)c1CNC(=O)[C@@H]1C[C@@H]1C(=O)O)C2. The van der Waals surface area contributed by atoms with Crippen LogP contribution in [-0.4, -0.2) is 34.3 Å². The summed E-state index contributed by atoms with van der Waals surface area (Å²) in [5, 5.41) is 12.3. The maximum Gasteiger partial charge on any atom is 0.307 e. The number of rotatable bonds is 7. The molecule has 6 nitrogen and oxygen atoms in total. The van der Waals surface area contributed by atoms with Crippen LogP contribution in [0.2, 0.25) is 5.02 Å². The highest BCUT2D eigenvalue weighted by Gasteiger charge is 2.61. The summed E-state index contributed by atoms with van der Waals surface area (Å²) in [6.45, 7) is 6.70. The van der Waals surface area contributed by atoms with Crippen molar-refractivity contribution in [2.75, 3.05) is 0 Å². The third kappa shape index (κ3) is 3.61. The first kappa shape index (κ1) is 20.5. The predicted octanol–water partition coefficient (Wildman–Crippen LogP) is 3.79. The molecule has 2 bridgehead atoms. The van der Waals surface area contributed by atoms with Crippen molar-refractivity contribution in [2.24, 2.45) is 17.8 Å². The first-order valence-corrected chi connectivity index (χ1v) is 10.7. The lowest BCUT2D eigenvalue weighted by atomic mass is 9.75. The number of nitrogens with one attached hydrogen (secondary N) is 1.